The first-order chi connectivity index (χ1) is 5.88. The van der Waals surface area contributed by atoms with E-state index in [0.717, 1.165) is 18.9 Å². The van der Waals surface area contributed by atoms with Crippen LogP contribution in [0.5, 0.6) is 0 Å². The van der Waals surface area contributed by atoms with Gasteiger partial charge in [-0.1, -0.05) is 13.3 Å². The second-order valence-corrected chi connectivity index (χ2v) is 2.73. The van der Waals surface area contributed by atoms with E-state index in [9.17, 15) is 0 Å². The molecule has 0 aliphatic rings. The zero-order valence-corrected chi connectivity index (χ0v) is 7.71. The molecule has 1 heterocycles. The minimum atomic E-state index is 0.894. The molecule has 1 radical (unpaired) electrons. The summed E-state index contributed by atoms with van der Waals surface area (Å²) in [5.41, 5.74) is 0. The van der Waals surface area contributed by atoms with Crippen molar-refractivity contribution in [3.8, 4) is 0 Å². The Kier molecular flexibility index (Phi) is 3.64. The van der Waals surface area contributed by atoms with Crippen LogP contribution in [0, 0.1) is 6.39 Å². The lowest BCUT2D eigenvalue weighted by Crippen LogP contribution is -2.23. The SMILES string of the molecule is CCCCN(CC)c1co[c]n1. The number of unbranched alkanes of at least 4 members (excludes halogenated alkanes) is 1. The molecule has 0 saturated carbocycles. The van der Waals surface area contributed by atoms with Gasteiger partial charge < -0.3 is 9.32 Å². The highest BCUT2D eigenvalue weighted by molar-refractivity contribution is 5.33. The molecule has 0 fully saturated rings. The third-order valence-electron chi connectivity index (χ3n) is 1.86. The summed E-state index contributed by atoms with van der Waals surface area (Å²) in [7, 11) is 0. The first kappa shape index (κ1) is 9.10. The molecule has 1 aromatic heterocycles. The summed E-state index contributed by atoms with van der Waals surface area (Å²) in [6.07, 6.45) is 6.49. The lowest BCUT2D eigenvalue weighted by molar-refractivity contribution is 0.547. The van der Waals surface area contributed by atoms with Gasteiger partial charge in [0.15, 0.2) is 5.82 Å². The molecule has 0 amide bonds. The van der Waals surface area contributed by atoms with E-state index >= 15 is 0 Å². The van der Waals surface area contributed by atoms with Gasteiger partial charge >= 0.3 is 0 Å². The number of anilines is 1. The topological polar surface area (TPSA) is 29.3 Å². The number of hydrogen-bond acceptors (Lipinski definition) is 3. The fourth-order valence-electron chi connectivity index (χ4n) is 1.11. The molecule has 0 bridgehead atoms. The molecular weight excluding hydrogens is 152 g/mol. The van der Waals surface area contributed by atoms with Crippen LogP contribution in [-0.4, -0.2) is 18.1 Å². The van der Waals surface area contributed by atoms with E-state index in [0.29, 0.717) is 0 Å². The summed E-state index contributed by atoms with van der Waals surface area (Å²) >= 11 is 0. The molecule has 12 heavy (non-hydrogen) atoms. The van der Waals surface area contributed by atoms with Crippen molar-refractivity contribution >= 4 is 5.82 Å². The van der Waals surface area contributed by atoms with Gasteiger partial charge in [-0.25, -0.2) is 0 Å². The van der Waals surface area contributed by atoms with E-state index < -0.39 is 0 Å². The summed E-state index contributed by atoms with van der Waals surface area (Å²) in [6, 6.07) is 0. The number of rotatable bonds is 5. The van der Waals surface area contributed by atoms with Crippen LogP contribution in [0.2, 0.25) is 0 Å². The maximum atomic E-state index is 4.80. The minimum Gasteiger partial charge on any atom is -0.439 e. The van der Waals surface area contributed by atoms with Crippen LogP contribution >= 0.6 is 0 Å². The van der Waals surface area contributed by atoms with Crippen LogP contribution in [0.1, 0.15) is 26.7 Å². The van der Waals surface area contributed by atoms with E-state index in [2.05, 4.69) is 30.1 Å². The highest BCUT2D eigenvalue weighted by Crippen LogP contribution is 2.09. The first-order valence-corrected chi connectivity index (χ1v) is 4.45. The Morgan fingerprint density at radius 2 is 2.42 bits per heavy atom. The van der Waals surface area contributed by atoms with Gasteiger partial charge in [0.25, 0.3) is 6.39 Å². The van der Waals surface area contributed by atoms with Gasteiger partial charge in [0.05, 0.1) is 0 Å². The Hall–Kier alpha value is -0.990. The highest BCUT2D eigenvalue weighted by Gasteiger charge is 2.05. The number of oxazole rings is 1. The molecule has 0 spiro atoms. The molecule has 0 aliphatic carbocycles. The Balaban J connectivity index is 2.45. The monoisotopic (exact) mass is 167 g/mol. The summed E-state index contributed by atoms with van der Waals surface area (Å²) in [5, 5.41) is 0. The molecule has 67 valence electrons. The van der Waals surface area contributed by atoms with E-state index in [-0.39, 0.29) is 0 Å². The van der Waals surface area contributed by atoms with Gasteiger partial charge in [0, 0.05) is 13.1 Å². The zero-order chi connectivity index (χ0) is 8.81. The molecule has 0 atom stereocenters. The van der Waals surface area contributed by atoms with E-state index in [4.69, 9.17) is 4.42 Å². The van der Waals surface area contributed by atoms with Crippen molar-refractivity contribution in [1.29, 1.82) is 0 Å². The molecule has 0 unspecified atom stereocenters. The maximum absolute atomic E-state index is 4.80. The van der Waals surface area contributed by atoms with Crippen molar-refractivity contribution in [2.75, 3.05) is 18.0 Å². The molecule has 3 nitrogen and oxygen atoms in total. The molecule has 0 aliphatic heterocycles. The third kappa shape index (κ3) is 2.26. The normalized spacial score (nSPS) is 10.2. The van der Waals surface area contributed by atoms with Crippen LogP contribution in [-0.2, 0) is 0 Å². The predicted octanol–water partition coefficient (Wildman–Crippen LogP) is 2.10. The number of aromatic nitrogens is 1. The van der Waals surface area contributed by atoms with Crippen molar-refractivity contribution in [2.45, 2.75) is 26.7 Å². The predicted molar refractivity (Wildman–Crippen MR) is 48.1 cm³/mol. The summed E-state index contributed by atoms with van der Waals surface area (Å²) in [5.74, 6) is 0.894. The second kappa shape index (κ2) is 4.80. The van der Waals surface area contributed by atoms with Gasteiger partial charge in [-0.3, -0.25) is 0 Å². The van der Waals surface area contributed by atoms with Crippen LogP contribution in [0.15, 0.2) is 10.7 Å². The molecule has 0 aromatic carbocycles. The fraction of sp³-hybridized carbons (Fsp3) is 0.667. The zero-order valence-electron chi connectivity index (χ0n) is 7.71. The van der Waals surface area contributed by atoms with Crippen molar-refractivity contribution < 1.29 is 4.42 Å². The summed E-state index contributed by atoms with van der Waals surface area (Å²) in [4.78, 5) is 6.16. The third-order valence-corrected chi connectivity index (χ3v) is 1.86. The van der Waals surface area contributed by atoms with Crippen molar-refractivity contribution in [2.24, 2.45) is 0 Å². The van der Waals surface area contributed by atoms with Gasteiger partial charge in [-0.15, -0.1) is 0 Å². The summed E-state index contributed by atoms with van der Waals surface area (Å²) < 4.78 is 4.80. The minimum absolute atomic E-state index is 0.894. The Bertz CT molecular complexity index is 196. The van der Waals surface area contributed by atoms with Gasteiger partial charge in [0.1, 0.15) is 6.26 Å². The highest BCUT2D eigenvalue weighted by atomic mass is 16.3. The Morgan fingerprint density at radius 3 is 2.92 bits per heavy atom. The van der Waals surface area contributed by atoms with Crippen molar-refractivity contribution in [3.63, 3.8) is 0 Å². The van der Waals surface area contributed by atoms with Crippen molar-refractivity contribution in [1.82, 2.24) is 4.98 Å². The van der Waals surface area contributed by atoms with Crippen LogP contribution in [0.3, 0.4) is 0 Å². The van der Waals surface area contributed by atoms with Gasteiger partial charge in [-0.05, 0) is 13.3 Å². The van der Waals surface area contributed by atoms with Crippen LogP contribution in [0.25, 0.3) is 0 Å². The van der Waals surface area contributed by atoms with Crippen LogP contribution < -0.4 is 4.90 Å². The number of hydrogen-bond donors (Lipinski definition) is 0. The molecular formula is C9H15N2O. The quantitative estimate of drug-likeness (QED) is 0.672. The van der Waals surface area contributed by atoms with E-state index in [1.165, 1.54) is 12.8 Å². The average molecular weight is 167 g/mol. The standard InChI is InChI=1S/C9H15N2O/c1-3-5-6-11(4-2)9-7-12-8-10-9/h7H,3-6H2,1-2H3. The smallest absolute Gasteiger partial charge is 0.285 e. The van der Waals surface area contributed by atoms with Gasteiger partial charge in [0.2, 0.25) is 0 Å². The first-order valence-electron chi connectivity index (χ1n) is 4.45. The molecule has 1 aromatic rings. The second-order valence-electron chi connectivity index (χ2n) is 2.73. The molecule has 3 heteroatoms. The van der Waals surface area contributed by atoms with Gasteiger partial charge in [-0.2, -0.15) is 4.98 Å². The van der Waals surface area contributed by atoms with E-state index in [1.54, 1.807) is 6.26 Å². The molecule has 0 saturated heterocycles. The lowest BCUT2D eigenvalue weighted by Gasteiger charge is -2.18. The number of nitrogens with zero attached hydrogens (tertiary/aromatic N) is 2. The largest absolute Gasteiger partial charge is 0.439 e. The van der Waals surface area contributed by atoms with Crippen LogP contribution in [0.4, 0.5) is 5.82 Å². The van der Waals surface area contributed by atoms with E-state index in [1.807, 2.05) is 0 Å². The Labute approximate surface area is 73.4 Å². The maximum Gasteiger partial charge on any atom is 0.285 e. The average Bonchev–Trinajstić information content (AvgIpc) is 2.59. The van der Waals surface area contributed by atoms with Crippen molar-refractivity contribution in [3.05, 3.63) is 12.7 Å². The Morgan fingerprint density at radius 1 is 1.58 bits per heavy atom. The summed E-state index contributed by atoms with van der Waals surface area (Å²) in [6.45, 7) is 6.32. The lowest BCUT2D eigenvalue weighted by atomic mass is 10.3. The fourth-order valence-corrected chi connectivity index (χ4v) is 1.11. The molecule has 1 rings (SSSR count). The molecule has 0 N–H and O–H groups in total.